The lowest BCUT2D eigenvalue weighted by Gasteiger charge is -2.36. The molecule has 5 nitrogen and oxygen atoms in total. The van der Waals surface area contributed by atoms with E-state index in [1.807, 2.05) is 22.9 Å². The molecule has 1 fully saturated rings. The fourth-order valence-corrected chi connectivity index (χ4v) is 5.16. The van der Waals surface area contributed by atoms with E-state index in [0.717, 1.165) is 49.0 Å². The van der Waals surface area contributed by atoms with Crippen molar-refractivity contribution in [2.24, 2.45) is 0 Å². The molecule has 4 rings (SSSR count). The lowest BCUT2D eigenvalue weighted by molar-refractivity contribution is 0.0947. The van der Waals surface area contributed by atoms with Crippen molar-refractivity contribution >= 4 is 34.3 Å². The van der Waals surface area contributed by atoms with Gasteiger partial charge in [0.1, 0.15) is 10.7 Å². The highest BCUT2D eigenvalue weighted by Crippen LogP contribution is 2.27. The van der Waals surface area contributed by atoms with Crippen molar-refractivity contribution in [3.05, 3.63) is 58.4 Å². The highest BCUT2D eigenvalue weighted by Gasteiger charge is 2.17. The van der Waals surface area contributed by atoms with E-state index in [0.29, 0.717) is 12.2 Å². The average molecular weight is 427 g/mol. The minimum Gasteiger partial charge on any atom is -0.369 e. The van der Waals surface area contributed by atoms with Gasteiger partial charge in [0.05, 0.1) is 4.88 Å². The highest BCUT2D eigenvalue weighted by atomic mass is 32.1. The molecule has 1 aliphatic heterocycles. The quantitative estimate of drug-likeness (QED) is 0.578. The van der Waals surface area contributed by atoms with Gasteiger partial charge in [0.2, 0.25) is 0 Å². The Hall–Kier alpha value is -2.22. The molecule has 3 aromatic rings. The van der Waals surface area contributed by atoms with Crippen LogP contribution in [0.15, 0.2) is 47.2 Å². The van der Waals surface area contributed by atoms with E-state index in [2.05, 4.69) is 51.3 Å². The predicted octanol–water partition coefficient (Wildman–Crippen LogP) is 4.12. The number of amides is 1. The lowest BCUT2D eigenvalue weighted by atomic mass is 10.2. The van der Waals surface area contributed by atoms with Crippen LogP contribution in [0.5, 0.6) is 0 Å². The number of hydrogen-bond donors (Lipinski definition) is 1. The van der Waals surface area contributed by atoms with Crippen LogP contribution in [-0.2, 0) is 0 Å². The van der Waals surface area contributed by atoms with Gasteiger partial charge in [-0.25, -0.2) is 4.98 Å². The van der Waals surface area contributed by atoms with Crippen molar-refractivity contribution in [2.75, 3.05) is 44.2 Å². The largest absolute Gasteiger partial charge is 0.369 e. The second-order valence-corrected chi connectivity index (χ2v) is 9.10. The molecule has 0 bridgehead atoms. The second kappa shape index (κ2) is 9.52. The van der Waals surface area contributed by atoms with Gasteiger partial charge in [0.15, 0.2) is 0 Å². The topological polar surface area (TPSA) is 48.5 Å². The summed E-state index contributed by atoms with van der Waals surface area (Å²) in [5, 5.41) is 7.79. The number of nitrogens with one attached hydrogen (secondary N) is 1. The maximum atomic E-state index is 12.3. The number of aryl methyl sites for hydroxylation is 1. The molecule has 2 aromatic heterocycles. The summed E-state index contributed by atoms with van der Waals surface area (Å²) in [6, 6.07) is 12.8. The molecule has 152 valence electrons. The van der Waals surface area contributed by atoms with E-state index < -0.39 is 0 Å². The van der Waals surface area contributed by atoms with Gasteiger partial charge in [-0.2, -0.15) is 0 Å². The van der Waals surface area contributed by atoms with Gasteiger partial charge in [0.25, 0.3) is 5.91 Å². The Morgan fingerprint density at radius 3 is 2.76 bits per heavy atom. The van der Waals surface area contributed by atoms with Crippen molar-refractivity contribution in [1.82, 2.24) is 15.2 Å². The molecule has 7 heteroatoms. The molecule has 1 aromatic carbocycles. The number of rotatable bonds is 7. The van der Waals surface area contributed by atoms with Crippen molar-refractivity contribution in [3.63, 3.8) is 0 Å². The molecular weight excluding hydrogens is 400 g/mol. The van der Waals surface area contributed by atoms with Crippen LogP contribution in [-0.4, -0.2) is 55.1 Å². The number of thiophene rings is 1. The van der Waals surface area contributed by atoms with E-state index in [4.69, 9.17) is 0 Å². The van der Waals surface area contributed by atoms with Gasteiger partial charge in [-0.15, -0.1) is 22.7 Å². The number of piperazine rings is 1. The van der Waals surface area contributed by atoms with Crippen molar-refractivity contribution < 1.29 is 4.79 Å². The van der Waals surface area contributed by atoms with Gasteiger partial charge >= 0.3 is 0 Å². The van der Waals surface area contributed by atoms with E-state index in [1.165, 1.54) is 22.6 Å². The third kappa shape index (κ3) is 5.23. The highest BCUT2D eigenvalue weighted by molar-refractivity contribution is 7.20. The molecule has 1 amide bonds. The second-order valence-electron chi connectivity index (χ2n) is 7.29. The first-order chi connectivity index (χ1) is 14.2. The Kier molecular flexibility index (Phi) is 6.59. The molecule has 0 aliphatic carbocycles. The standard InChI is InChI=1S/C22H26N4OS2/c1-17-5-2-6-18(15-17)26-12-10-25(11-13-26)9-4-8-23-21(27)19-16-29-22(24-19)20-7-3-14-28-20/h2-3,5-7,14-16H,4,8-13H2,1H3,(H,23,27). The first-order valence-corrected chi connectivity index (χ1v) is 11.8. The molecule has 1 saturated heterocycles. The number of aromatic nitrogens is 1. The lowest BCUT2D eigenvalue weighted by Crippen LogP contribution is -2.47. The van der Waals surface area contributed by atoms with Crippen molar-refractivity contribution in [3.8, 4) is 9.88 Å². The van der Waals surface area contributed by atoms with Crippen LogP contribution in [0.2, 0.25) is 0 Å². The summed E-state index contributed by atoms with van der Waals surface area (Å²) in [4.78, 5) is 22.8. The van der Waals surface area contributed by atoms with Crippen LogP contribution in [0, 0.1) is 6.92 Å². The van der Waals surface area contributed by atoms with E-state index >= 15 is 0 Å². The summed E-state index contributed by atoms with van der Waals surface area (Å²) in [5.74, 6) is -0.0756. The maximum Gasteiger partial charge on any atom is 0.270 e. The fourth-order valence-electron chi connectivity index (χ4n) is 3.54. The number of carbonyl (C=O) groups is 1. The van der Waals surface area contributed by atoms with Crippen LogP contribution in [0.3, 0.4) is 0 Å². The van der Waals surface area contributed by atoms with Gasteiger partial charge in [-0.3, -0.25) is 9.69 Å². The molecule has 0 spiro atoms. The minimum absolute atomic E-state index is 0.0756. The number of carbonyl (C=O) groups excluding carboxylic acids is 1. The molecular formula is C22H26N4OS2. The van der Waals surface area contributed by atoms with E-state index in [1.54, 1.807) is 11.3 Å². The minimum atomic E-state index is -0.0756. The summed E-state index contributed by atoms with van der Waals surface area (Å²) in [5.41, 5.74) is 3.15. The van der Waals surface area contributed by atoms with Gasteiger partial charge in [-0.1, -0.05) is 18.2 Å². The average Bonchev–Trinajstić information content (AvgIpc) is 3.43. The van der Waals surface area contributed by atoms with Crippen LogP contribution in [0.4, 0.5) is 5.69 Å². The van der Waals surface area contributed by atoms with Crippen molar-refractivity contribution in [1.29, 1.82) is 0 Å². The smallest absolute Gasteiger partial charge is 0.270 e. The number of thiazole rings is 1. The summed E-state index contributed by atoms with van der Waals surface area (Å²) in [6.45, 7) is 8.08. The zero-order valence-corrected chi connectivity index (χ0v) is 18.3. The maximum absolute atomic E-state index is 12.3. The van der Waals surface area contributed by atoms with Crippen molar-refractivity contribution in [2.45, 2.75) is 13.3 Å². The Bertz CT molecular complexity index is 930. The number of benzene rings is 1. The van der Waals surface area contributed by atoms with Crippen LogP contribution >= 0.6 is 22.7 Å². The zero-order valence-electron chi connectivity index (χ0n) is 16.6. The fraction of sp³-hybridized carbons (Fsp3) is 0.364. The Balaban J connectivity index is 1.16. The molecule has 0 radical (unpaired) electrons. The molecule has 1 N–H and O–H groups in total. The summed E-state index contributed by atoms with van der Waals surface area (Å²) >= 11 is 3.17. The summed E-state index contributed by atoms with van der Waals surface area (Å²) in [6.07, 6.45) is 0.956. The molecule has 1 aliphatic rings. The van der Waals surface area contributed by atoms with Crippen LogP contribution in [0.25, 0.3) is 9.88 Å². The van der Waals surface area contributed by atoms with Gasteiger partial charge in [-0.05, 0) is 49.0 Å². The normalized spacial score (nSPS) is 14.9. The van der Waals surface area contributed by atoms with Crippen LogP contribution < -0.4 is 10.2 Å². The number of nitrogens with zero attached hydrogens (tertiary/aromatic N) is 3. The Morgan fingerprint density at radius 2 is 2.00 bits per heavy atom. The van der Waals surface area contributed by atoms with E-state index in [-0.39, 0.29) is 5.91 Å². The van der Waals surface area contributed by atoms with Gasteiger partial charge < -0.3 is 10.2 Å². The van der Waals surface area contributed by atoms with Gasteiger partial charge in [0, 0.05) is 43.8 Å². The van der Waals surface area contributed by atoms with E-state index in [9.17, 15) is 4.79 Å². The zero-order chi connectivity index (χ0) is 20.1. The summed E-state index contributed by atoms with van der Waals surface area (Å²) < 4.78 is 0. The monoisotopic (exact) mass is 426 g/mol. The Labute approximate surface area is 180 Å². The molecule has 3 heterocycles. The van der Waals surface area contributed by atoms with Crippen LogP contribution in [0.1, 0.15) is 22.5 Å². The Morgan fingerprint density at radius 1 is 1.14 bits per heavy atom. The predicted molar refractivity (Wildman–Crippen MR) is 122 cm³/mol. The first-order valence-electron chi connectivity index (χ1n) is 10.0. The molecule has 29 heavy (non-hydrogen) atoms. The first kappa shape index (κ1) is 20.1. The summed E-state index contributed by atoms with van der Waals surface area (Å²) in [7, 11) is 0. The molecule has 0 atom stereocenters. The molecule has 0 saturated carbocycles. The third-order valence-corrected chi connectivity index (χ3v) is 7.03. The third-order valence-electron chi connectivity index (χ3n) is 5.14. The number of hydrogen-bond acceptors (Lipinski definition) is 6. The SMILES string of the molecule is Cc1cccc(N2CCN(CCCNC(=O)c3csc(-c4cccs4)n3)CC2)c1. The number of anilines is 1. The molecule has 0 unspecified atom stereocenters.